The number of nitrogen functional groups attached to an aromatic ring is 2. The Bertz CT molecular complexity index is 938. The number of rotatable bonds is 4. The molecule has 0 aromatic heterocycles. The lowest BCUT2D eigenvalue weighted by molar-refractivity contribution is -0.139. The van der Waals surface area contributed by atoms with E-state index in [-0.39, 0.29) is 0 Å². The van der Waals surface area contributed by atoms with Crippen molar-refractivity contribution in [3.05, 3.63) is 72.8 Å². The minimum Gasteiger partial charge on any atom is -0.399 e. The van der Waals surface area contributed by atoms with E-state index in [0.29, 0.717) is 22.7 Å². The Labute approximate surface area is 156 Å². The first-order valence-corrected chi connectivity index (χ1v) is 8.30. The van der Waals surface area contributed by atoms with E-state index >= 15 is 0 Å². The molecular formula is C20H20N4O3. The summed E-state index contributed by atoms with van der Waals surface area (Å²) in [7, 11) is 0. The number of nitrogens with one attached hydrogen (secondary N) is 2. The molecule has 27 heavy (non-hydrogen) atoms. The van der Waals surface area contributed by atoms with E-state index in [2.05, 4.69) is 10.6 Å². The molecule has 0 heterocycles. The van der Waals surface area contributed by atoms with E-state index < -0.39 is 23.3 Å². The molecule has 1 aliphatic carbocycles. The molecule has 2 aromatic rings. The van der Waals surface area contributed by atoms with Crippen LogP contribution in [0.2, 0.25) is 0 Å². The lowest BCUT2D eigenvalue weighted by Crippen LogP contribution is -2.52. The fraction of sp³-hybridized carbons (Fsp3) is 0.100. The fourth-order valence-corrected chi connectivity index (χ4v) is 2.82. The summed E-state index contributed by atoms with van der Waals surface area (Å²) in [6.07, 6.45) is 5.88. The standard InChI is InChI=1S/C20H20N4O3/c21-13-5-3-7-15(11-13)23-18(25)17-9-1-2-10-20(17,27)19(26)24-16-8-4-6-14(22)12-16/h1-12,17,27H,21-22H2,(H,23,25)(H,24,26). The third-order valence-corrected chi connectivity index (χ3v) is 4.18. The van der Waals surface area contributed by atoms with Crippen molar-refractivity contribution in [2.75, 3.05) is 22.1 Å². The van der Waals surface area contributed by atoms with Crippen LogP contribution in [-0.4, -0.2) is 22.5 Å². The zero-order valence-corrected chi connectivity index (χ0v) is 14.4. The molecule has 0 spiro atoms. The van der Waals surface area contributed by atoms with Crippen LogP contribution in [-0.2, 0) is 9.59 Å². The molecular weight excluding hydrogens is 344 g/mol. The Balaban J connectivity index is 1.81. The molecule has 0 bridgehead atoms. The zero-order chi connectivity index (χ0) is 19.4. The van der Waals surface area contributed by atoms with E-state index in [1.165, 1.54) is 18.2 Å². The van der Waals surface area contributed by atoms with Crippen LogP contribution < -0.4 is 22.1 Å². The van der Waals surface area contributed by atoms with E-state index in [0.717, 1.165) is 0 Å². The third kappa shape index (κ3) is 3.99. The van der Waals surface area contributed by atoms with Gasteiger partial charge in [-0.15, -0.1) is 0 Å². The number of allylic oxidation sites excluding steroid dienone is 2. The number of amides is 2. The van der Waals surface area contributed by atoms with Crippen LogP contribution in [0.4, 0.5) is 22.7 Å². The molecule has 0 radical (unpaired) electrons. The van der Waals surface area contributed by atoms with Gasteiger partial charge in [0.05, 0.1) is 5.92 Å². The van der Waals surface area contributed by atoms with Crippen molar-refractivity contribution < 1.29 is 14.7 Å². The molecule has 1 aliphatic rings. The van der Waals surface area contributed by atoms with Crippen molar-refractivity contribution in [3.8, 4) is 0 Å². The predicted octanol–water partition coefficient (Wildman–Crippen LogP) is 1.90. The number of carbonyl (C=O) groups excluding carboxylic acids is 2. The second-order valence-corrected chi connectivity index (χ2v) is 6.24. The number of hydrogen-bond acceptors (Lipinski definition) is 5. The minimum atomic E-state index is -2.05. The first-order chi connectivity index (χ1) is 12.9. The third-order valence-electron chi connectivity index (χ3n) is 4.18. The summed E-state index contributed by atoms with van der Waals surface area (Å²) in [6.45, 7) is 0. The summed E-state index contributed by atoms with van der Waals surface area (Å²) < 4.78 is 0. The van der Waals surface area contributed by atoms with Crippen LogP contribution in [0, 0.1) is 5.92 Å². The summed E-state index contributed by atoms with van der Waals surface area (Å²) in [4.78, 5) is 25.4. The van der Waals surface area contributed by atoms with Gasteiger partial charge in [-0.1, -0.05) is 30.4 Å². The number of benzene rings is 2. The highest BCUT2D eigenvalue weighted by molar-refractivity contribution is 6.06. The molecule has 0 saturated heterocycles. The van der Waals surface area contributed by atoms with Gasteiger partial charge in [-0.3, -0.25) is 9.59 Å². The zero-order valence-electron chi connectivity index (χ0n) is 14.4. The molecule has 7 nitrogen and oxygen atoms in total. The minimum absolute atomic E-state index is 0.423. The number of aliphatic hydroxyl groups is 1. The van der Waals surface area contributed by atoms with Gasteiger partial charge in [0.25, 0.3) is 5.91 Å². The van der Waals surface area contributed by atoms with Crippen molar-refractivity contribution in [2.45, 2.75) is 5.60 Å². The Morgan fingerprint density at radius 3 is 2.11 bits per heavy atom. The average Bonchev–Trinajstić information content (AvgIpc) is 2.62. The molecule has 7 N–H and O–H groups in total. The maximum absolute atomic E-state index is 12.7. The summed E-state index contributed by atoms with van der Waals surface area (Å²) >= 11 is 0. The van der Waals surface area contributed by atoms with E-state index in [1.54, 1.807) is 54.6 Å². The Kier molecular flexibility index (Phi) is 4.96. The molecule has 0 fully saturated rings. The van der Waals surface area contributed by atoms with Crippen LogP contribution in [0.3, 0.4) is 0 Å². The fourth-order valence-electron chi connectivity index (χ4n) is 2.82. The van der Waals surface area contributed by atoms with Crippen molar-refractivity contribution >= 4 is 34.6 Å². The van der Waals surface area contributed by atoms with Gasteiger partial charge < -0.3 is 27.2 Å². The van der Waals surface area contributed by atoms with Crippen molar-refractivity contribution in [1.82, 2.24) is 0 Å². The van der Waals surface area contributed by atoms with Crippen molar-refractivity contribution in [1.29, 1.82) is 0 Å². The van der Waals surface area contributed by atoms with E-state index in [4.69, 9.17) is 11.5 Å². The molecule has 2 atom stereocenters. The average molecular weight is 364 g/mol. The van der Waals surface area contributed by atoms with Crippen molar-refractivity contribution in [3.63, 3.8) is 0 Å². The van der Waals surface area contributed by atoms with Gasteiger partial charge in [0, 0.05) is 22.7 Å². The topological polar surface area (TPSA) is 130 Å². The number of anilines is 4. The molecule has 7 heteroatoms. The molecule has 2 aromatic carbocycles. The normalized spacial score (nSPS) is 20.9. The second-order valence-electron chi connectivity index (χ2n) is 6.24. The summed E-state index contributed by atoms with van der Waals surface area (Å²) in [5, 5.41) is 16.2. The van der Waals surface area contributed by atoms with Gasteiger partial charge in [0.15, 0.2) is 5.60 Å². The smallest absolute Gasteiger partial charge is 0.261 e. The monoisotopic (exact) mass is 364 g/mol. The van der Waals surface area contributed by atoms with Crippen LogP contribution in [0.1, 0.15) is 0 Å². The maximum Gasteiger partial charge on any atom is 0.261 e. The first kappa shape index (κ1) is 18.2. The second kappa shape index (κ2) is 7.35. The molecule has 3 rings (SSSR count). The van der Waals surface area contributed by atoms with Crippen LogP contribution in [0.25, 0.3) is 0 Å². The Morgan fingerprint density at radius 1 is 0.926 bits per heavy atom. The van der Waals surface area contributed by atoms with Crippen LogP contribution in [0.15, 0.2) is 72.8 Å². The van der Waals surface area contributed by atoms with E-state index in [1.807, 2.05) is 0 Å². The van der Waals surface area contributed by atoms with Gasteiger partial charge >= 0.3 is 0 Å². The van der Waals surface area contributed by atoms with Gasteiger partial charge in [0.2, 0.25) is 5.91 Å². The number of carbonyl (C=O) groups is 2. The highest BCUT2D eigenvalue weighted by atomic mass is 16.3. The summed E-state index contributed by atoms with van der Waals surface area (Å²) in [5.41, 5.74) is 11.2. The molecule has 2 unspecified atom stereocenters. The van der Waals surface area contributed by atoms with Gasteiger partial charge in [-0.25, -0.2) is 0 Å². The number of hydrogen-bond donors (Lipinski definition) is 5. The molecule has 2 amide bonds. The van der Waals surface area contributed by atoms with Gasteiger partial charge in [-0.05, 0) is 42.5 Å². The first-order valence-electron chi connectivity index (χ1n) is 8.30. The highest BCUT2D eigenvalue weighted by Crippen LogP contribution is 2.28. The largest absolute Gasteiger partial charge is 0.399 e. The molecule has 138 valence electrons. The lowest BCUT2D eigenvalue weighted by atomic mass is 9.82. The van der Waals surface area contributed by atoms with Crippen molar-refractivity contribution in [2.24, 2.45) is 5.92 Å². The SMILES string of the molecule is Nc1cccc(NC(=O)C2C=CC=CC2(O)C(=O)Nc2cccc(N)c2)c1. The maximum atomic E-state index is 12.7. The van der Waals surface area contributed by atoms with Gasteiger partial charge in [-0.2, -0.15) is 0 Å². The van der Waals surface area contributed by atoms with Gasteiger partial charge in [0.1, 0.15) is 0 Å². The molecule has 0 saturated carbocycles. The number of nitrogens with two attached hydrogens (primary N) is 2. The molecule has 0 aliphatic heterocycles. The summed E-state index contributed by atoms with van der Waals surface area (Å²) in [5.74, 6) is -2.39. The highest BCUT2D eigenvalue weighted by Gasteiger charge is 2.45. The van der Waals surface area contributed by atoms with E-state index in [9.17, 15) is 14.7 Å². The van der Waals surface area contributed by atoms with Crippen LogP contribution >= 0.6 is 0 Å². The lowest BCUT2D eigenvalue weighted by Gasteiger charge is -2.31. The van der Waals surface area contributed by atoms with Crippen LogP contribution in [0.5, 0.6) is 0 Å². The predicted molar refractivity (Wildman–Crippen MR) is 106 cm³/mol. The Morgan fingerprint density at radius 2 is 1.52 bits per heavy atom. The summed E-state index contributed by atoms with van der Waals surface area (Å²) in [6, 6.07) is 13.2. The Hall–Kier alpha value is -3.58. The quantitative estimate of drug-likeness (QED) is 0.529.